The maximum Gasteiger partial charge on any atom is 0.178 e. The van der Waals surface area contributed by atoms with Gasteiger partial charge in [0.1, 0.15) is 5.75 Å². The Hall–Kier alpha value is -1.88. The van der Waals surface area contributed by atoms with Crippen molar-refractivity contribution in [2.45, 2.75) is 38.4 Å². The molecule has 0 aromatic heterocycles. The standard InChI is InChI=1S/C20H22O4S/c1-12-10-18(21)20(2)17-8-4-13-11-14(24-3)5-6-15(13)16(17)7-9-19(20)25(12,22)23/h5-7,10-11,17,19H,4,8-9H2,1-3H3/t17-,19-,20+/m0/s1. The van der Waals surface area contributed by atoms with Crippen molar-refractivity contribution in [3.05, 3.63) is 46.4 Å². The van der Waals surface area contributed by atoms with Crippen LogP contribution in [0.2, 0.25) is 0 Å². The van der Waals surface area contributed by atoms with Gasteiger partial charge in [-0.3, -0.25) is 4.79 Å². The molecule has 3 atom stereocenters. The minimum atomic E-state index is -3.42. The van der Waals surface area contributed by atoms with Crippen molar-refractivity contribution in [2.24, 2.45) is 11.3 Å². The minimum absolute atomic E-state index is 0.0441. The fourth-order valence-electron chi connectivity index (χ4n) is 4.83. The number of hydrogen-bond acceptors (Lipinski definition) is 4. The average Bonchev–Trinajstić information content (AvgIpc) is 2.59. The number of rotatable bonds is 1. The van der Waals surface area contributed by atoms with Gasteiger partial charge in [0, 0.05) is 4.91 Å². The molecule has 4 rings (SSSR count). The Morgan fingerprint density at radius 2 is 2.04 bits per heavy atom. The summed E-state index contributed by atoms with van der Waals surface area (Å²) >= 11 is 0. The molecule has 0 saturated heterocycles. The molecule has 2 aliphatic carbocycles. The Labute approximate surface area is 148 Å². The van der Waals surface area contributed by atoms with E-state index in [2.05, 4.69) is 0 Å². The van der Waals surface area contributed by atoms with E-state index in [1.54, 1.807) is 7.11 Å². The van der Waals surface area contributed by atoms with Crippen molar-refractivity contribution in [2.75, 3.05) is 7.11 Å². The zero-order valence-corrected chi connectivity index (χ0v) is 15.5. The third-order valence-corrected chi connectivity index (χ3v) is 8.78. The molecule has 0 saturated carbocycles. The summed E-state index contributed by atoms with van der Waals surface area (Å²) in [5.74, 6) is 0.726. The molecule has 1 aromatic rings. The molecule has 0 spiro atoms. The van der Waals surface area contributed by atoms with Gasteiger partial charge in [-0.05, 0) is 67.0 Å². The van der Waals surface area contributed by atoms with Crippen molar-refractivity contribution in [1.29, 1.82) is 0 Å². The van der Waals surface area contributed by atoms with Gasteiger partial charge < -0.3 is 4.74 Å². The number of allylic oxidation sites excluding steroid dienone is 4. The van der Waals surface area contributed by atoms with E-state index in [1.807, 2.05) is 31.2 Å². The van der Waals surface area contributed by atoms with Crippen LogP contribution in [0.25, 0.3) is 5.57 Å². The minimum Gasteiger partial charge on any atom is -0.497 e. The van der Waals surface area contributed by atoms with Crippen LogP contribution in [0, 0.1) is 11.3 Å². The van der Waals surface area contributed by atoms with Crippen LogP contribution >= 0.6 is 0 Å². The van der Waals surface area contributed by atoms with E-state index in [9.17, 15) is 13.2 Å². The van der Waals surface area contributed by atoms with Crippen LogP contribution < -0.4 is 4.74 Å². The first-order valence-electron chi connectivity index (χ1n) is 8.64. The first-order valence-corrected chi connectivity index (χ1v) is 10.2. The monoisotopic (exact) mass is 358 g/mol. The molecule has 4 nitrogen and oxygen atoms in total. The van der Waals surface area contributed by atoms with Gasteiger partial charge in [0.15, 0.2) is 15.6 Å². The Morgan fingerprint density at radius 1 is 1.28 bits per heavy atom. The summed E-state index contributed by atoms with van der Waals surface area (Å²) in [5.41, 5.74) is 2.59. The molecule has 25 heavy (non-hydrogen) atoms. The zero-order chi connectivity index (χ0) is 18.0. The Balaban J connectivity index is 1.87. The number of benzene rings is 1. The first kappa shape index (κ1) is 16.6. The molecule has 1 aliphatic heterocycles. The lowest BCUT2D eigenvalue weighted by molar-refractivity contribution is -0.125. The average molecular weight is 358 g/mol. The Bertz CT molecular complexity index is 938. The fraction of sp³-hybridized carbons (Fsp3) is 0.450. The van der Waals surface area contributed by atoms with Gasteiger partial charge in [-0.25, -0.2) is 8.42 Å². The summed E-state index contributed by atoms with van der Waals surface area (Å²) in [6, 6.07) is 6.02. The van der Waals surface area contributed by atoms with Crippen molar-refractivity contribution in [1.82, 2.24) is 0 Å². The molecule has 0 amide bonds. The molecule has 1 heterocycles. The molecule has 0 unspecified atom stereocenters. The van der Waals surface area contributed by atoms with E-state index < -0.39 is 20.5 Å². The SMILES string of the molecule is COc1ccc2c(c1)CC[C@H]1C2=CC[C@H]2[C@@]1(C)C(=O)C=C(C)S2(=O)=O. The smallest absolute Gasteiger partial charge is 0.178 e. The van der Waals surface area contributed by atoms with Gasteiger partial charge in [0.2, 0.25) is 0 Å². The third kappa shape index (κ3) is 2.11. The second-order valence-corrected chi connectivity index (χ2v) is 9.75. The number of carbonyl (C=O) groups excluding carboxylic acids is 1. The largest absolute Gasteiger partial charge is 0.497 e. The summed E-state index contributed by atoms with van der Waals surface area (Å²) in [6.45, 7) is 3.39. The van der Waals surface area contributed by atoms with E-state index in [4.69, 9.17) is 4.74 Å². The summed E-state index contributed by atoms with van der Waals surface area (Å²) in [6.07, 6.45) is 5.40. The molecule has 0 bridgehead atoms. The quantitative estimate of drug-likeness (QED) is 0.773. The van der Waals surface area contributed by atoms with Crippen LogP contribution in [-0.4, -0.2) is 26.6 Å². The van der Waals surface area contributed by atoms with E-state index in [-0.39, 0.29) is 16.6 Å². The Morgan fingerprint density at radius 3 is 2.76 bits per heavy atom. The first-order chi connectivity index (χ1) is 11.8. The van der Waals surface area contributed by atoms with Crippen molar-refractivity contribution in [3.63, 3.8) is 0 Å². The van der Waals surface area contributed by atoms with Gasteiger partial charge >= 0.3 is 0 Å². The predicted octanol–water partition coefficient (Wildman–Crippen LogP) is 3.32. The highest BCUT2D eigenvalue weighted by atomic mass is 32.2. The van der Waals surface area contributed by atoms with Gasteiger partial charge in [-0.1, -0.05) is 19.1 Å². The second-order valence-electron chi connectivity index (χ2n) is 7.45. The molecule has 3 aliphatic rings. The van der Waals surface area contributed by atoms with Crippen LogP contribution in [0.5, 0.6) is 5.75 Å². The topological polar surface area (TPSA) is 60.4 Å². The number of methoxy groups -OCH3 is 1. The predicted molar refractivity (Wildman–Crippen MR) is 97.0 cm³/mol. The normalized spacial score (nSPS) is 32.7. The highest BCUT2D eigenvalue weighted by molar-refractivity contribution is 7.96. The summed E-state index contributed by atoms with van der Waals surface area (Å²) < 4.78 is 31.0. The van der Waals surface area contributed by atoms with Crippen molar-refractivity contribution < 1.29 is 17.9 Å². The van der Waals surface area contributed by atoms with Crippen LogP contribution in [0.3, 0.4) is 0 Å². The zero-order valence-electron chi connectivity index (χ0n) is 14.7. The van der Waals surface area contributed by atoms with E-state index in [1.165, 1.54) is 18.6 Å². The number of hydrogen-bond donors (Lipinski definition) is 0. The lowest BCUT2D eigenvalue weighted by Crippen LogP contribution is -2.54. The number of ether oxygens (including phenoxy) is 1. The molecule has 0 N–H and O–H groups in total. The number of aryl methyl sites for hydroxylation is 1. The molecular formula is C20H22O4S. The number of sulfone groups is 1. The molecule has 0 radical (unpaired) electrons. The highest BCUT2D eigenvalue weighted by Crippen LogP contribution is 2.55. The Kier molecular flexibility index (Phi) is 3.52. The summed E-state index contributed by atoms with van der Waals surface area (Å²) in [5, 5.41) is -0.647. The van der Waals surface area contributed by atoms with Crippen LogP contribution in [-0.2, 0) is 21.1 Å². The molecule has 1 aromatic carbocycles. The van der Waals surface area contributed by atoms with E-state index in [0.29, 0.717) is 6.42 Å². The van der Waals surface area contributed by atoms with Gasteiger partial charge in [0.25, 0.3) is 0 Å². The van der Waals surface area contributed by atoms with Gasteiger partial charge in [0.05, 0.1) is 17.8 Å². The van der Waals surface area contributed by atoms with Crippen LogP contribution in [0.4, 0.5) is 0 Å². The van der Waals surface area contributed by atoms with Crippen LogP contribution in [0.15, 0.2) is 35.3 Å². The van der Waals surface area contributed by atoms with Gasteiger partial charge in [-0.15, -0.1) is 0 Å². The number of fused-ring (bicyclic) bond motifs is 5. The van der Waals surface area contributed by atoms with Crippen LogP contribution in [0.1, 0.15) is 37.8 Å². The molecule has 0 fully saturated rings. The maximum absolute atomic E-state index is 12.9. The molecular weight excluding hydrogens is 336 g/mol. The third-order valence-electron chi connectivity index (χ3n) is 6.33. The summed E-state index contributed by atoms with van der Waals surface area (Å²) in [4.78, 5) is 13.1. The molecule has 132 valence electrons. The van der Waals surface area contributed by atoms with Crippen molar-refractivity contribution in [3.8, 4) is 5.75 Å². The van der Waals surface area contributed by atoms with E-state index in [0.717, 1.165) is 29.7 Å². The van der Waals surface area contributed by atoms with Crippen molar-refractivity contribution >= 4 is 21.2 Å². The summed E-state index contributed by atoms with van der Waals surface area (Å²) in [7, 11) is -1.76. The second kappa shape index (κ2) is 5.31. The van der Waals surface area contributed by atoms with E-state index >= 15 is 0 Å². The lowest BCUT2D eigenvalue weighted by atomic mass is 9.59. The number of ketones is 1. The number of carbonyl (C=O) groups is 1. The molecule has 5 heteroatoms. The van der Waals surface area contributed by atoms with Gasteiger partial charge in [-0.2, -0.15) is 0 Å². The maximum atomic E-state index is 12.9. The highest BCUT2D eigenvalue weighted by Gasteiger charge is 2.57. The lowest BCUT2D eigenvalue weighted by Gasteiger charge is -2.49. The fourth-order valence-corrected chi connectivity index (χ4v) is 6.83.